The second-order valence-corrected chi connectivity index (χ2v) is 3.64. The Morgan fingerprint density at radius 3 is 2.50 bits per heavy atom. The summed E-state index contributed by atoms with van der Waals surface area (Å²) < 4.78 is 24.8. The van der Waals surface area contributed by atoms with E-state index in [1.165, 1.54) is 6.07 Å². The average molecular weight is 302 g/mol. The maximum atomic E-state index is 12.2. The fraction of sp³-hybridized carbons (Fsp3) is 0.167. The van der Waals surface area contributed by atoms with Crippen LogP contribution in [0.4, 0.5) is 14.5 Å². The molecule has 0 saturated carbocycles. The maximum absolute atomic E-state index is 12.2. The fourth-order valence-electron chi connectivity index (χ4n) is 0.647. The highest BCUT2D eigenvalue weighted by atomic mass is 79.9. The van der Waals surface area contributed by atoms with E-state index in [4.69, 9.17) is 5.73 Å². The van der Waals surface area contributed by atoms with Crippen molar-refractivity contribution in [2.24, 2.45) is 0 Å². The van der Waals surface area contributed by atoms with Crippen molar-refractivity contribution in [2.45, 2.75) is 6.43 Å². The molecule has 66 valence electrons. The molecular formula is C6H4Br2F2N2. The average Bonchev–Trinajstić information content (AvgIpc) is 1.96. The molecule has 0 spiro atoms. The van der Waals surface area contributed by atoms with Crippen LogP contribution in [0.3, 0.4) is 0 Å². The van der Waals surface area contributed by atoms with Crippen LogP contribution in [0.15, 0.2) is 15.1 Å². The first-order valence-corrected chi connectivity index (χ1v) is 4.50. The minimum atomic E-state index is -2.60. The molecule has 6 heteroatoms. The summed E-state index contributed by atoms with van der Waals surface area (Å²) in [5.41, 5.74) is 5.42. The lowest BCUT2D eigenvalue weighted by Gasteiger charge is -2.04. The van der Waals surface area contributed by atoms with E-state index in [0.717, 1.165) is 0 Å². The predicted octanol–water partition coefficient (Wildman–Crippen LogP) is 3.13. The number of alkyl halides is 2. The van der Waals surface area contributed by atoms with E-state index in [0.29, 0.717) is 5.69 Å². The monoisotopic (exact) mass is 300 g/mol. The molecule has 0 bridgehead atoms. The highest BCUT2D eigenvalue weighted by molar-refractivity contribution is 9.11. The summed E-state index contributed by atoms with van der Waals surface area (Å²) in [6.45, 7) is 0. The lowest BCUT2D eigenvalue weighted by atomic mass is 10.3. The number of hydrogen-bond acceptors (Lipinski definition) is 2. The molecule has 0 aliphatic heterocycles. The van der Waals surface area contributed by atoms with Crippen molar-refractivity contribution in [1.82, 2.24) is 4.98 Å². The first kappa shape index (κ1) is 9.85. The predicted molar refractivity (Wildman–Crippen MR) is 49.0 cm³/mol. The number of pyridine rings is 1. The summed E-state index contributed by atoms with van der Waals surface area (Å²) in [5.74, 6) is 0. The van der Waals surface area contributed by atoms with Crippen molar-refractivity contribution in [3.8, 4) is 0 Å². The van der Waals surface area contributed by atoms with Gasteiger partial charge in [0, 0.05) is 4.47 Å². The van der Waals surface area contributed by atoms with E-state index >= 15 is 0 Å². The number of nitrogens with zero attached hydrogens (tertiary/aromatic N) is 1. The Hall–Kier alpha value is -0.230. The molecule has 1 aromatic rings. The zero-order chi connectivity index (χ0) is 9.30. The van der Waals surface area contributed by atoms with Gasteiger partial charge in [0.15, 0.2) is 0 Å². The van der Waals surface area contributed by atoms with Gasteiger partial charge in [0.05, 0.1) is 5.69 Å². The van der Waals surface area contributed by atoms with Crippen LogP contribution >= 0.6 is 31.9 Å². The summed E-state index contributed by atoms with van der Waals surface area (Å²) in [6, 6.07) is 1.39. The molecule has 1 aromatic heterocycles. The SMILES string of the molecule is Nc1cc(Br)c(C(F)F)nc1Br. The van der Waals surface area contributed by atoms with Crippen molar-refractivity contribution in [2.75, 3.05) is 5.73 Å². The van der Waals surface area contributed by atoms with Crippen molar-refractivity contribution >= 4 is 37.5 Å². The quantitative estimate of drug-likeness (QED) is 0.810. The lowest BCUT2D eigenvalue weighted by molar-refractivity contribution is 0.145. The lowest BCUT2D eigenvalue weighted by Crippen LogP contribution is -1.96. The third-order valence-corrected chi connectivity index (χ3v) is 2.46. The van der Waals surface area contributed by atoms with Crippen molar-refractivity contribution in [3.05, 3.63) is 20.8 Å². The van der Waals surface area contributed by atoms with Crippen LogP contribution in [0.25, 0.3) is 0 Å². The molecule has 0 aliphatic rings. The Morgan fingerprint density at radius 1 is 1.42 bits per heavy atom. The summed E-state index contributed by atoms with van der Waals surface area (Å²) in [5, 5.41) is 0. The van der Waals surface area contributed by atoms with E-state index in [1.54, 1.807) is 0 Å². The van der Waals surface area contributed by atoms with Gasteiger partial charge >= 0.3 is 0 Å². The first-order chi connectivity index (χ1) is 5.52. The number of anilines is 1. The number of rotatable bonds is 1. The van der Waals surface area contributed by atoms with Gasteiger partial charge < -0.3 is 5.73 Å². The highest BCUT2D eigenvalue weighted by Crippen LogP contribution is 2.30. The number of halogens is 4. The van der Waals surface area contributed by atoms with E-state index in [1.807, 2.05) is 0 Å². The summed E-state index contributed by atoms with van der Waals surface area (Å²) in [4.78, 5) is 3.57. The molecule has 0 fully saturated rings. The Bertz CT molecular complexity index is 304. The van der Waals surface area contributed by atoms with Crippen LogP contribution in [-0.2, 0) is 0 Å². The standard InChI is InChI=1S/C6H4Br2F2N2/c7-2-1-3(11)5(8)12-4(2)6(9)10/h1,6H,11H2. The molecule has 0 atom stereocenters. The van der Waals surface area contributed by atoms with Crippen molar-refractivity contribution in [3.63, 3.8) is 0 Å². The van der Waals surface area contributed by atoms with Gasteiger partial charge in [0.25, 0.3) is 6.43 Å². The molecule has 0 aliphatic carbocycles. The molecule has 0 saturated heterocycles. The Kier molecular flexibility index (Phi) is 3.00. The van der Waals surface area contributed by atoms with Crippen LogP contribution in [0.2, 0.25) is 0 Å². The van der Waals surface area contributed by atoms with E-state index in [2.05, 4.69) is 36.8 Å². The zero-order valence-corrected chi connectivity index (χ0v) is 8.86. The van der Waals surface area contributed by atoms with Gasteiger partial charge in [-0.05, 0) is 37.9 Å². The molecule has 2 nitrogen and oxygen atoms in total. The van der Waals surface area contributed by atoms with Crippen LogP contribution < -0.4 is 5.73 Å². The van der Waals surface area contributed by atoms with Gasteiger partial charge in [-0.25, -0.2) is 13.8 Å². The van der Waals surface area contributed by atoms with Crippen molar-refractivity contribution < 1.29 is 8.78 Å². The Morgan fingerprint density at radius 2 is 2.00 bits per heavy atom. The van der Waals surface area contributed by atoms with Crippen LogP contribution in [-0.4, -0.2) is 4.98 Å². The maximum Gasteiger partial charge on any atom is 0.281 e. The minimum absolute atomic E-state index is 0.221. The van der Waals surface area contributed by atoms with E-state index in [9.17, 15) is 8.78 Å². The second-order valence-electron chi connectivity index (χ2n) is 2.04. The molecule has 12 heavy (non-hydrogen) atoms. The molecular weight excluding hydrogens is 298 g/mol. The molecule has 2 N–H and O–H groups in total. The largest absolute Gasteiger partial charge is 0.397 e. The molecule has 0 unspecified atom stereocenters. The summed E-state index contributed by atoms with van der Waals surface area (Å²) >= 11 is 5.90. The van der Waals surface area contributed by atoms with Gasteiger partial charge in [-0.3, -0.25) is 0 Å². The highest BCUT2D eigenvalue weighted by Gasteiger charge is 2.15. The number of nitrogens with two attached hydrogens (primary N) is 1. The molecule has 0 aromatic carbocycles. The Balaban J connectivity index is 3.23. The van der Waals surface area contributed by atoms with Crippen LogP contribution in [0.1, 0.15) is 12.1 Å². The summed E-state index contributed by atoms with van der Waals surface area (Å²) in [7, 11) is 0. The minimum Gasteiger partial charge on any atom is -0.397 e. The van der Waals surface area contributed by atoms with Crippen LogP contribution in [0, 0.1) is 0 Å². The van der Waals surface area contributed by atoms with E-state index in [-0.39, 0.29) is 14.8 Å². The van der Waals surface area contributed by atoms with Gasteiger partial charge in [-0.15, -0.1) is 0 Å². The van der Waals surface area contributed by atoms with Gasteiger partial charge in [-0.2, -0.15) is 0 Å². The molecule has 1 heterocycles. The molecule has 0 radical (unpaired) electrons. The second kappa shape index (κ2) is 3.66. The van der Waals surface area contributed by atoms with Gasteiger partial charge in [-0.1, -0.05) is 0 Å². The number of nitrogen functional groups attached to an aromatic ring is 1. The fourth-order valence-corrected chi connectivity index (χ4v) is 1.46. The molecule has 1 rings (SSSR count). The summed E-state index contributed by atoms with van der Waals surface area (Å²) in [6.07, 6.45) is -2.60. The third-order valence-electron chi connectivity index (χ3n) is 1.19. The normalized spacial score (nSPS) is 10.8. The number of aromatic nitrogens is 1. The topological polar surface area (TPSA) is 38.9 Å². The van der Waals surface area contributed by atoms with Crippen LogP contribution in [0.5, 0.6) is 0 Å². The first-order valence-electron chi connectivity index (χ1n) is 2.92. The zero-order valence-electron chi connectivity index (χ0n) is 5.69. The van der Waals surface area contributed by atoms with Gasteiger partial charge in [0.1, 0.15) is 10.3 Å². The number of hydrogen-bond donors (Lipinski definition) is 1. The smallest absolute Gasteiger partial charge is 0.281 e. The Labute approximate surface area is 84.4 Å². The van der Waals surface area contributed by atoms with Crippen molar-refractivity contribution in [1.29, 1.82) is 0 Å². The molecule has 0 amide bonds. The van der Waals surface area contributed by atoms with E-state index < -0.39 is 6.43 Å². The van der Waals surface area contributed by atoms with Gasteiger partial charge in [0.2, 0.25) is 0 Å². The third kappa shape index (κ3) is 1.92.